The van der Waals surface area contributed by atoms with Crippen molar-refractivity contribution in [1.82, 2.24) is 14.9 Å². The lowest BCUT2D eigenvalue weighted by Gasteiger charge is -2.35. The molecule has 2 aromatic rings. The van der Waals surface area contributed by atoms with Crippen LogP contribution in [0.2, 0.25) is 0 Å². The SMILES string of the molecule is CCc1nc(C(=O)NCC2(O)CCC(S(C)(=O)=O)CC2)c(C)n1-c1ccc(CC(C)(C)C)c(OC)c1. The van der Waals surface area contributed by atoms with Crippen LogP contribution >= 0.6 is 0 Å². The average molecular weight is 520 g/mol. The highest BCUT2D eigenvalue weighted by molar-refractivity contribution is 7.91. The molecule has 36 heavy (non-hydrogen) atoms. The minimum absolute atomic E-state index is 0.0609. The Morgan fingerprint density at radius 1 is 1.28 bits per heavy atom. The van der Waals surface area contributed by atoms with Crippen molar-refractivity contribution in [2.45, 2.75) is 84.0 Å². The predicted molar refractivity (Wildman–Crippen MR) is 142 cm³/mol. The largest absolute Gasteiger partial charge is 0.496 e. The van der Waals surface area contributed by atoms with E-state index in [9.17, 15) is 18.3 Å². The Balaban J connectivity index is 1.80. The fourth-order valence-corrected chi connectivity index (χ4v) is 6.10. The summed E-state index contributed by atoms with van der Waals surface area (Å²) < 4.78 is 31.3. The highest BCUT2D eigenvalue weighted by Gasteiger charge is 2.37. The molecule has 0 saturated heterocycles. The van der Waals surface area contributed by atoms with Gasteiger partial charge in [0.25, 0.3) is 5.91 Å². The summed E-state index contributed by atoms with van der Waals surface area (Å²) in [6, 6.07) is 6.09. The molecular weight excluding hydrogens is 478 g/mol. The van der Waals surface area contributed by atoms with Gasteiger partial charge in [-0.15, -0.1) is 0 Å². The van der Waals surface area contributed by atoms with Gasteiger partial charge in [-0.05, 0) is 56.1 Å². The summed E-state index contributed by atoms with van der Waals surface area (Å²) in [5.41, 5.74) is 2.04. The van der Waals surface area contributed by atoms with E-state index >= 15 is 0 Å². The zero-order valence-corrected chi connectivity index (χ0v) is 23.5. The highest BCUT2D eigenvalue weighted by atomic mass is 32.2. The zero-order chi connectivity index (χ0) is 26.9. The topological polar surface area (TPSA) is 111 Å². The predicted octanol–water partition coefficient (Wildman–Crippen LogP) is 3.79. The highest BCUT2D eigenvalue weighted by Crippen LogP contribution is 2.32. The summed E-state index contributed by atoms with van der Waals surface area (Å²) >= 11 is 0. The molecule has 1 fully saturated rings. The zero-order valence-electron chi connectivity index (χ0n) is 22.6. The van der Waals surface area contributed by atoms with Gasteiger partial charge in [0.05, 0.1) is 29.3 Å². The van der Waals surface area contributed by atoms with Crippen molar-refractivity contribution in [1.29, 1.82) is 0 Å². The summed E-state index contributed by atoms with van der Waals surface area (Å²) in [4.78, 5) is 17.7. The number of aliphatic hydroxyl groups is 1. The molecular formula is C27H41N3O5S. The number of carbonyl (C=O) groups is 1. The van der Waals surface area contributed by atoms with E-state index in [0.29, 0.717) is 43.5 Å². The van der Waals surface area contributed by atoms with E-state index in [1.807, 2.05) is 30.5 Å². The summed E-state index contributed by atoms with van der Waals surface area (Å²) in [5, 5.41) is 13.3. The van der Waals surface area contributed by atoms with Crippen LogP contribution in [0, 0.1) is 12.3 Å². The van der Waals surface area contributed by atoms with Crippen LogP contribution in [0.4, 0.5) is 0 Å². The third kappa shape index (κ3) is 6.48. The number of benzene rings is 1. The van der Waals surface area contributed by atoms with Gasteiger partial charge in [0.2, 0.25) is 0 Å². The van der Waals surface area contributed by atoms with Crippen LogP contribution in [0.25, 0.3) is 5.69 Å². The molecule has 200 valence electrons. The second kappa shape index (κ2) is 10.5. The molecule has 8 nitrogen and oxygen atoms in total. The number of sulfone groups is 1. The van der Waals surface area contributed by atoms with Crippen LogP contribution in [0.5, 0.6) is 5.75 Å². The molecule has 9 heteroatoms. The molecule has 1 amide bonds. The Bertz CT molecular complexity index is 1200. The molecule has 0 bridgehead atoms. The van der Waals surface area contributed by atoms with Crippen molar-refractivity contribution in [3.05, 3.63) is 41.0 Å². The molecule has 3 rings (SSSR count). The molecule has 0 unspecified atom stereocenters. The molecule has 2 N–H and O–H groups in total. The standard InChI is InChI=1S/C27H41N3O5S/c1-8-23-29-24(25(31)28-17-27(32)13-11-21(12-14-27)36(7,33)34)18(2)30(23)20-10-9-19(16-26(3,4)5)22(15-20)35-6/h9-10,15,21,32H,8,11-14,16-17H2,1-7H3,(H,28,31). The molecule has 1 heterocycles. The van der Waals surface area contributed by atoms with Gasteiger partial charge in [0, 0.05) is 25.3 Å². The van der Waals surface area contributed by atoms with Crippen LogP contribution in [0.3, 0.4) is 0 Å². The second-order valence-electron chi connectivity index (χ2n) is 11.3. The van der Waals surface area contributed by atoms with Crippen LogP contribution in [-0.2, 0) is 22.7 Å². The summed E-state index contributed by atoms with van der Waals surface area (Å²) in [5.74, 6) is 1.21. The van der Waals surface area contributed by atoms with Gasteiger partial charge in [-0.25, -0.2) is 13.4 Å². The number of nitrogens with one attached hydrogen (secondary N) is 1. The number of imidazole rings is 1. The summed E-state index contributed by atoms with van der Waals surface area (Å²) in [6.45, 7) is 10.5. The van der Waals surface area contributed by atoms with Crippen LogP contribution in [-0.4, -0.2) is 59.7 Å². The molecule has 1 aromatic heterocycles. The van der Waals surface area contributed by atoms with Crippen molar-refractivity contribution >= 4 is 15.7 Å². The van der Waals surface area contributed by atoms with Gasteiger partial charge >= 0.3 is 0 Å². The van der Waals surface area contributed by atoms with E-state index < -0.39 is 20.7 Å². The van der Waals surface area contributed by atoms with Crippen molar-refractivity contribution in [3.8, 4) is 11.4 Å². The lowest BCUT2D eigenvalue weighted by atomic mass is 9.84. The molecule has 0 atom stereocenters. The Morgan fingerprint density at radius 3 is 2.44 bits per heavy atom. The smallest absolute Gasteiger partial charge is 0.271 e. The number of hydrogen-bond donors (Lipinski definition) is 2. The van der Waals surface area contributed by atoms with Gasteiger partial charge < -0.3 is 19.7 Å². The first-order valence-corrected chi connectivity index (χ1v) is 14.6. The Kier molecular flexibility index (Phi) is 8.25. The molecule has 1 aliphatic rings. The van der Waals surface area contributed by atoms with Gasteiger partial charge in [0.15, 0.2) is 0 Å². The van der Waals surface area contributed by atoms with Gasteiger partial charge in [0.1, 0.15) is 27.1 Å². The molecule has 1 aliphatic carbocycles. The first-order valence-electron chi connectivity index (χ1n) is 12.6. The maximum absolute atomic E-state index is 13.1. The number of rotatable bonds is 8. The number of aromatic nitrogens is 2. The Labute approximate surface area is 215 Å². The maximum Gasteiger partial charge on any atom is 0.271 e. The van der Waals surface area contributed by atoms with Crippen LogP contribution in [0.15, 0.2) is 18.2 Å². The molecule has 1 saturated carbocycles. The minimum atomic E-state index is -3.12. The van der Waals surface area contributed by atoms with Crippen LogP contribution in [0.1, 0.15) is 80.9 Å². The number of nitrogens with zero attached hydrogens (tertiary/aromatic N) is 2. The number of amides is 1. The molecule has 1 aromatic carbocycles. The number of aryl methyl sites for hydroxylation is 1. The Morgan fingerprint density at radius 2 is 1.92 bits per heavy atom. The number of ether oxygens (including phenoxy) is 1. The second-order valence-corrected chi connectivity index (χ2v) is 13.6. The van der Waals surface area contributed by atoms with Crippen molar-refractivity contribution < 1.29 is 23.1 Å². The fourth-order valence-electron chi connectivity index (χ4n) is 5.01. The van der Waals surface area contributed by atoms with E-state index in [0.717, 1.165) is 29.2 Å². The first kappa shape index (κ1) is 28.2. The lowest BCUT2D eigenvalue weighted by molar-refractivity contribution is 0.00606. The molecule has 0 aliphatic heterocycles. The summed E-state index contributed by atoms with van der Waals surface area (Å²) in [7, 11) is -1.46. The average Bonchev–Trinajstić information content (AvgIpc) is 3.13. The van der Waals surface area contributed by atoms with Crippen molar-refractivity contribution in [2.24, 2.45) is 5.41 Å². The first-order chi connectivity index (χ1) is 16.7. The third-order valence-electron chi connectivity index (χ3n) is 7.00. The van der Waals surface area contributed by atoms with Gasteiger partial charge in [-0.3, -0.25) is 4.79 Å². The van der Waals surface area contributed by atoms with Gasteiger partial charge in [-0.2, -0.15) is 0 Å². The quantitative estimate of drug-likeness (QED) is 0.549. The third-order valence-corrected chi connectivity index (χ3v) is 8.69. The van der Waals surface area contributed by atoms with E-state index in [4.69, 9.17) is 4.74 Å². The van der Waals surface area contributed by atoms with Crippen molar-refractivity contribution in [2.75, 3.05) is 19.9 Å². The monoisotopic (exact) mass is 519 g/mol. The van der Waals surface area contributed by atoms with Crippen molar-refractivity contribution in [3.63, 3.8) is 0 Å². The number of methoxy groups -OCH3 is 1. The molecule has 0 spiro atoms. The fraction of sp³-hybridized carbons (Fsp3) is 0.630. The number of carbonyl (C=O) groups excluding carboxylic acids is 1. The van der Waals surface area contributed by atoms with E-state index in [1.54, 1.807) is 7.11 Å². The van der Waals surface area contributed by atoms with E-state index in [-0.39, 0.29) is 17.9 Å². The van der Waals surface area contributed by atoms with E-state index in [1.165, 1.54) is 6.26 Å². The van der Waals surface area contributed by atoms with Gasteiger partial charge in [-0.1, -0.05) is 33.8 Å². The lowest BCUT2D eigenvalue weighted by Crippen LogP contribution is -2.47. The van der Waals surface area contributed by atoms with Crippen LogP contribution < -0.4 is 10.1 Å². The van der Waals surface area contributed by atoms with E-state index in [2.05, 4.69) is 37.1 Å². The maximum atomic E-state index is 13.1. The Hall–Kier alpha value is -2.39. The summed E-state index contributed by atoms with van der Waals surface area (Å²) in [6.07, 6.45) is 4.21. The molecule has 0 radical (unpaired) electrons. The number of hydrogen-bond acceptors (Lipinski definition) is 6. The normalized spacial score (nSPS) is 20.8. The minimum Gasteiger partial charge on any atom is -0.496 e.